The third kappa shape index (κ3) is 4.87. The van der Waals surface area contributed by atoms with Gasteiger partial charge in [0.2, 0.25) is 0 Å². The molecule has 5 heteroatoms. The summed E-state index contributed by atoms with van der Waals surface area (Å²) < 4.78 is 14.0. The quantitative estimate of drug-likeness (QED) is 0.859. The number of hydrogen-bond acceptors (Lipinski definition) is 2. The smallest absolute Gasteiger partial charge is 0.254 e. The number of rotatable bonds is 6. The topological polar surface area (TPSA) is 46.3 Å². The molecule has 0 aromatic heterocycles. The molecule has 3 nitrogen and oxygen atoms in total. The number of nitrogens with two attached hydrogens (primary N) is 1. The van der Waals surface area contributed by atoms with E-state index in [-0.39, 0.29) is 11.3 Å². The molecule has 0 saturated carbocycles. The second-order valence-electron chi connectivity index (χ2n) is 5.75. The minimum absolute atomic E-state index is 0.157. The van der Waals surface area contributed by atoms with Crippen LogP contribution in [0.5, 0.6) is 0 Å². The predicted octanol–water partition coefficient (Wildman–Crippen LogP) is 3.43. The Hall–Kier alpha value is -0.940. The Morgan fingerprint density at radius 3 is 2.55 bits per heavy atom. The molecule has 1 aromatic carbocycles. The van der Waals surface area contributed by atoms with Gasteiger partial charge in [0.1, 0.15) is 5.82 Å². The fourth-order valence-corrected chi connectivity index (χ4v) is 2.43. The number of hydrogen-bond donors (Lipinski definition) is 1. The number of carbonyl (C=O) groups is 1. The lowest BCUT2D eigenvalue weighted by Crippen LogP contribution is -2.42. The molecule has 0 fully saturated rings. The Kier molecular flexibility index (Phi) is 6.14. The molecule has 0 atom stereocenters. The molecule has 0 unspecified atom stereocenters. The molecule has 0 aliphatic carbocycles. The monoisotopic (exact) mass is 344 g/mol. The average Bonchev–Trinajstić information content (AvgIpc) is 2.36. The highest BCUT2D eigenvalue weighted by Crippen LogP contribution is 2.20. The average molecular weight is 345 g/mol. The van der Waals surface area contributed by atoms with Crippen LogP contribution in [0.4, 0.5) is 4.39 Å². The molecule has 112 valence electrons. The van der Waals surface area contributed by atoms with Gasteiger partial charge in [-0.1, -0.05) is 36.7 Å². The molecule has 0 aliphatic heterocycles. The van der Waals surface area contributed by atoms with Crippen LogP contribution in [0, 0.1) is 11.2 Å². The summed E-state index contributed by atoms with van der Waals surface area (Å²) in [5.41, 5.74) is 5.93. The molecule has 2 N–H and O–H groups in total. The molecular formula is C15H22BrFN2O. The largest absolute Gasteiger partial charge is 0.338 e. The van der Waals surface area contributed by atoms with Crippen molar-refractivity contribution in [2.45, 2.75) is 27.2 Å². The molecule has 0 spiro atoms. The molecule has 1 rings (SSSR count). The van der Waals surface area contributed by atoms with Crippen molar-refractivity contribution in [3.63, 3.8) is 0 Å². The van der Waals surface area contributed by atoms with Crippen LogP contribution in [-0.4, -0.2) is 30.4 Å². The van der Waals surface area contributed by atoms with Crippen molar-refractivity contribution in [2.24, 2.45) is 11.1 Å². The second kappa shape index (κ2) is 7.18. The summed E-state index contributed by atoms with van der Waals surface area (Å²) in [6, 6.07) is 4.25. The molecule has 0 bridgehead atoms. The van der Waals surface area contributed by atoms with Crippen molar-refractivity contribution in [2.75, 3.05) is 19.6 Å². The fourth-order valence-electron chi connectivity index (χ4n) is 1.96. The lowest BCUT2D eigenvalue weighted by Gasteiger charge is -2.31. The van der Waals surface area contributed by atoms with Crippen molar-refractivity contribution in [1.29, 1.82) is 0 Å². The standard InChI is InChI=1S/C15H22BrFN2O/c1-4-5-19(10-15(2,3)9-18)14(20)11-6-12(16)8-13(17)7-11/h6-8H,4-5,9-10,18H2,1-3H3. The van der Waals surface area contributed by atoms with E-state index in [2.05, 4.69) is 15.9 Å². The lowest BCUT2D eigenvalue weighted by atomic mass is 9.92. The van der Waals surface area contributed by atoms with E-state index in [0.29, 0.717) is 29.7 Å². The maximum Gasteiger partial charge on any atom is 0.254 e. The molecule has 0 saturated heterocycles. The third-order valence-corrected chi connectivity index (χ3v) is 3.52. The molecule has 1 amide bonds. The van der Waals surface area contributed by atoms with Gasteiger partial charge >= 0.3 is 0 Å². The van der Waals surface area contributed by atoms with Gasteiger partial charge in [-0.15, -0.1) is 0 Å². The SMILES string of the molecule is CCCN(CC(C)(C)CN)C(=O)c1cc(F)cc(Br)c1. The van der Waals surface area contributed by atoms with Crippen molar-refractivity contribution in [3.8, 4) is 0 Å². The van der Waals surface area contributed by atoms with Gasteiger partial charge in [0.15, 0.2) is 0 Å². The van der Waals surface area contributed by atoms with Crippen molar-refractivity contribution in [1.82, 2.24) is 4.90 Å². The highest BCUT2D eigenvalue weighted by atomic mass is 79.9. The van der Waals surface area contributed by atoms with Gasteiger partial charge in [-0.05, 0) is 36.6 Å². The van der Waals surface area contributed by atoms with E-state index in [1.165, 1.54) is 12.1 Å². The molecule has 0 heterocycles. The molecule has 0 aliphatic rings. The zero-order valence-electron chi connectivity index (χ0n) is 12.2. The van der Waals surface area contributed by atoms with E-state index >= 15 is 0 Å². The third-order valence-electron chi connectivity index (χ3n) is 3.06. The first-order chi connectivity index (χ1) is 9.29. The zero-order chi connectivity index (χ0) is 15.3. The van der Waals surface area contributed by atoms with Gasteiger partial charge in [0.25, 0.3) is 5.91 Å². The molecule has 1 aromatic rings. The minimum Gasteiger partial charge on any atom is -0.338 e. The number of halogens is 2. The van der Waals surface area contributed by atoms with E-state index < -0.39 is 5.82 Å². The number of benzene rings is 1. The number of carbonyl (C=O) groups excluding carboxylic acids is 1. The molecular weight excluding hydrogens is 323 g/mol. The zero-order valence-corrected chi connectivity index (χ0v) is 13.8. The van der Waals surface area contributed by atoms with Crippen LogP contribution in [0.1, 0.15) is 37.6 Å². The summed E-state index contributed by atoms with van der Waals surface area (Å²) in [5.74, 6) is -0.578. The summed E-state index contributed by atoms with van der Waals surface area (Å²) in [4.78, 5) is 14.3. The first-order valence-electron chi connectivity index (χ1n) is 6.74. The Morgan fingerprint density at radius 1 is 1.40 bits per heavy atom. The summed E-state index contributed by atoms with van der Waals surface area (Å²) in [7, 11) is 0. The Bertz CT molecular complexity index is 457. The maximum atomic E-state index is 13.4. The van der Waals surface area contributed by atoms with Crippen LogP contribution in [0.2, 0.25) is 0 Å². The normalized spacial score (nSPS) is 11.5. The van der Waals surface area contributed by atoms with E-state index in [1.54, 1.807) is 11.0 Å². The Morgan fingerprint density at radius 2 is 2.05 bits per heavy atom. The Balaban J connectivity index is 2.99. The summed E-state index contributed by atoms with van der Waals surface area (Å²) in [6.07, 6.45) is 0.850. The van der Waals surface area contributed by atoms with Gasteiger partial charge in [0.05, 0.1) is 0 Å². The van der Waals surface area contributed by atoms with E-state index in [9.17, 15) is 9.18 Å². The van der Waals surface area contributed by atoms with Crippen LogP contribution in [0.3, 0.4) is 0 Å². The molecule has 0 radical (unpaired) electrons. The van der Waals surface area contributed by atoms with Gasteiger partial charge < -0.3 is 10.6 Å². The lowest BCUT2D eigenvalue weighted by molar-refractivity contribution is 0.0689. The predicted molar refractivity (Wildman–Crippen MR) is 83.1 cm³/mol. The first kappa shape index (κ1) is 17.1. The molecule has 20 heavy (non-hydrogen) atoms. The second-order valence-corrected chi connectivity index (χ2v) is 6.67. The van der Waals surface area contributed by atoms with Crippen LogP contribution in [0.25, 0.3) is 0 Å². The first-order valence-corrected chi connectivity index (χ1v) is 7.54. The van der Waals surface area contributed by atoms with Gasteiger partial charge in [0, 0.05) is 23.1 Å². The van der Waals surface area contributed by atoms with Crippen molar-refractivity contribution >= 4 is 21.8 Å². The van der Waals surface area contributed by atoms with Crippen LogP contribution >= 0.6 is 15.9 Å². The highest BCUT2D eigenvalue weighted by molar-refractivity contribution is 9.10. The highest BCUT2D eigenvalue weighted by Gasteiger charge is 2.24. The van der Waals surface area contributed by atoms with E-state index in [0.717, 1.165) is 6.42 Å². The van der Waals surface area contributed by atoms with Crippen molar-refractivity contribution < 1.29 is 9.18 Å². The summed E-state index contributed by atoms with van der Waals surface area (Å²) in [5, 5.41) is 0. The van der Waals surface area contributed by atoms with Gasteiger partial charge in [-0.25, -0.2) is 4.39 Å². The number of nitrogens with zero attached hydrogens (tertiary/aromatic N) is 1. The van der Waals surface area contributed by atoms with E-state index in [1.807, 2.05) is 20.8 Å². The fraction of sp³-hybridized carbons (Fsp3) is 0.533. The Labute approximate surface area is 128 Å². The number of amides is 1. The minimum atomic E-state index is -0.419. The summed E-state index contributed by atoms with van der Waals surface area (Å²) in [6.45, 7) is 7.74. The van der Waals surface area contributed by atoms with Gasteiger partial charge in [-0.2, -0.15) is 0 Å². The summed E-state index contributed by atoms with van der Waals surface area (Å²) >= 11 is 3.21. The maximum absolute atomic E-state index is 13.4. The van der Waals surface area contributed by atoms with E-state index in [4.69, 9.17) is 5.73 Å². The van der Waals surface area contributed by atoms with Gasteiger partial charge in [-0.3, -0.25) is 4.79 Å². The van der Waals surface area contributed by atoms with Crippen LogP contribution < -0.4 is 5.73 Å². The van der Waals surface area contributed by atoms with Crippen LogP contribution in [-0.2, 0) is 0 Å². The van der Waals surface area contributed by atoms with Crippen molar-refractivity contribution in [3.05, 3.63) is 34.1 Å². The van der Waals surface area contributed by atoms with Crippen LogP contribution in [0.15, 0.2) is 22.7 Å².